The van der Waals surface area contributed by atoms with Crippen LogP contribution in [0.15, 0.2) is 97.1 Å². The van der Waals surface area contributed by atoms with Crippen LogP contribution < -0.4 is 5.32 Å². The van der Waals surface area contributed by atoms with E-state index in [0.29, 0.717) is 25.4 Å². The van der Waals surface area contributed by atoms with Crippen molar-refractivity contribution in [2.24, 2.45) is 5.92 Å². The first-order valence-corrected chi connectivity index (χ1v) is 14.7. The van der Waals surface area contributed by atoms with Gasteiger partial charge in [0.05, 0.1) is 0 Å². The molecule has 5 rings (SSSR count). The minimum absolute atomic E-state index is 0.0674. The Kier molecular flexibility index (Phi) is 11.3. The first kappa shape index (κ1) is 33.2. The zero-order valence-electron chi connectivity index (χ0n) is 24.5. The second-order valence-corrected chi connectivity index (χ2v) is 10.9. The first-order valence-electron chi connectivity index (χ1n) is 14.7. The number of fused-ring (bicyclic) bond motifs is 1. The van der Waals surface area contributed by atoms with Crippen molar-refractivity contribution in [1.29, 1.82) is 0 Å². The molecule has 0 spiro atoms. The Hall–Kier alpha value is -4.70. The number of halogens is 3. The number of hydrogen-bond donors (Lipinski definition) is 3. The standard InChI is InChI=1S/C33H34N2O3.C2HF3O2/c36-32(33(37)38)35(22-19-24-7-2-1-3-8-24)23-31(28-17-20-34-21-18-28)27-15-13-26(14-16-27)30-12-6-10-25-9-4-5-11-29(25)30;3-2(4,5)1(6)7/h1-16,28,31,34H,17-23H2,(H,37,38);(H,6,7). The topological polar surface area (TPSA) is 107 Å². The van der Waals surface area contributed by atoms with Gasteiger partial charge < -0.3 is 20.4 Å². The van der Waals surface area contributed by atoms with Crippen molar-refractivity contribution in [2.75, 3.05) is 26.2 Å². The highest BCUT2D eigenvalue weighted by molar-refractivity contribution is 6.31. The molecule has 1 atom stereocenters. The summed E-state index contributed by atoms with van der Waals surface area (Å²) in [6, 6.07) is 33.4. The van der Waals surface area contributed by atoms with Gasteiger partial charge in [-0.1, -0.05) is 97.1 Å². The third-order valence-corrected chi connectivity index (χ3v) is 8.04. The van der Waals surface area contributed by atoms with E-state index in [4.69, 9.17) is 9.90 Å². The van der Waals surface area contributed by atoms with Gasteiger partial charge in [-0.25, -0.2) is 9.59 Å². The Morgan fingerprint density at radius 1 is 0.822 bits per heavy atom. The summed E-state index contributed by atoms with van der Waals surface area (Å²) in [6.45, 7) is 2.65. The van der Waals surface area contributed by atoms with Crippen LogP contribution in [0.4, 0.5) is 13.2 Å². The molecular weight excluding hydrogens is 585 g/mol. The molecule has 0 radical (unpaired) electrons. The Morgan fingerprint density at radius 2 is 1.42 bits per heavy atom. The van der Waals surface area contributed by atoms with Crippen LogP contribution in [0.5, 0.6) is 0 Å². The lowest BCUT2D eigenvalue weighted by molar-refractivity contribution is -0.192. The van der Waals surface area contributed by atoms with Gasteiger partial charge >= 0.3 is 24.0 Å². The third-order valence-electron chi connectivity index (χ3n) is 8.04. The van der Waals surface area contributed by atoms with Crippen LogP contribution in [0.25, 0.3) is 21.9 Å². The number of carboxylic acid groups (broad SMARTS) is 2. The van der Waals surface area contributed by atoms with Gasteiger partial charge in [-0.2, -0.15) is 13.2 Å². The summed E-state index contributed by atoms with van der Waals surface area (Å²) in [7, 11) is 0. The number of carbonyl (C=O) groups excluding carboxylic acids is 1. The van der Waals surface area contributed by atoms with Crippen molar-refractivity contribution in [3.05, 3.63) is 108 Å². The van der Waals surface area contributed by atoms with Crippen LogP contribution >= 0.6 is 0 Å². The molecule has 0 bridgehead atoms. The molecule has 236 valence electrons. The molecular formula is C35H35F3N2O5. The van der Waals surface area contributed by atoms with E-state index in [2.05, 4.69) is 72.0 Å². The maximum Gasteiger partial charge on any atom is 0.490 e. The molecule has 1 saturated heterocycles. The molecule has 4 aromatic rings. The van der Waals surface area contributed by atoms with Gasteiger partial charge in [0.1, 0.15) is 0 Å². The number of carbonyl (C=O) groups is 3. The summed E-state index contributed by atoms with van der Waals surface area (Å²) in [5.74, 6) is -4.54. The van der Waals surface area contributed by atoms with Crippen molar-refractivity contribution in [3.8, 4) is 11.1 Å². The smallest absolute Gasteiger partial charge is 0.475 e. The lowest BCUT2D eigenvalue weighted by Crippen LogP contribution is -2.43. The largest absolute Gasteiger partial charge is 0.490 e. The summed E-state index contributed by atoms with van der Waals surface area (Å²) in [6.07, 6.45) is -2.45. The van der Waals surface area contributed by atoms with Crippen LogP contribution in [0.3, 0.4) is 0 Å². The number of benzene rings is 4. The van der Waals surface area contributed by atoms with Crippen molar-refractivity contribution < 1.29 is 37.8 Å². The van der Waals surface area contributed by atoms with Crippen molar-refractivity contribution in [1.82, 2.24) is 10.2 Å². The monoisotopic (exact) mass is 620 g/mol. The van der Waals surface area contributed by atoms with E-state index in [1.165, 1.54) is 16.3 Å². The number of carboxylic acids is 2. The molecule has 1 heterocycles. The van der Waals surface area contributed by atoms with E-state index in [0.717, 1.165) is 42.6 Å². The van der Waals surface area contributed by atoms with Gasteiger partial charge in [-0.3, -0.25) is 4.79 Å². The summed E-state index contributed by atoms with van der Waals surface area (Å²) in [5, 5.41) is 22.6. The number of piperidine rings is 1. The van der Waals surface area contributed by atoms with E-state index < -0.39 is 24.0 Å². The lowest BCUT2D eigenvalue weighted by Gasteiger charge is -2.35. The average Bonchev–Trinajstić information content (AvgIpc) is 3.05. The normalized spacial score (nSPS) is 14.2. The molecule has 0 saturated carbocycles. The Morgan fingerprint density at radius 3 is 2.04 bits per heavy atom. The molecule has 3 N–H and O–H groups in total. The molecule has 7 nitrogen and oxygen atoms in total. The van der Waals surface area contributed by atoms with Gasteiger partial charge in [0, 0.05) is 19.0 Å². The van der Waals surface area contributed by atoms with Crippen LogP contribution in [0, 0.1) is 5.92 Å². The van der Waals surface area contributed by atoms with Gasteiger partial charge in [0.2, 0.25) is 0 Å². The molecule has 1 unspecified atom stereocenters. The molecule has 1 fully saturated rings. The number of alkyl halides is 3. The van der Waals surface area contributed by atoms with Gasteiger partial charge in [0.25, 0.3) is 0 Å². The number of rotatable bonds is 8. The van der Waals surface area contributed by atoms with E-state index in [1.54, 1.807) is 4.90 Å². The molecule has 1 aliphatic rings. The van der Waals surface area contributed by atoms with E-state index in [-0.39, 0.29) is 5.92 Å². The molecule has 1 aliphatic heterocycles. The van der Waals surface area contributed by atoms with E-state index >= 15 is 0 Å². The molecule has 1 amide bonds. The zero-order valence-corrected chi connectivity index (χ0v) is 24.5. The van der Waals surface area contributed by atoms with E-state index in [9.17, 15) is 27.9 Å². The molecule has 0 aromatic heterocycles. The molecule has 4 aromatic carbocycles. The first-order chi connectivity index (χ1) is 21.5. The van der Waals surface area contributed by atoms with Gasteiger partial charge in [-0.15, -0.1) is 0 Å². The summed E-state index contributed by atoms with van der Waals surface area (Å²) >= 11 is 0. The third kappa shape index (κ3) is 9.15. The molecule has 45 heavy (non-hydrogen) atoms. The second kappa shape index (κ2) is 15.3. The van der Waals surface area contributed by atoms with Gasteiger partial charge in [-0.05, 0) is 71.3 Å². The Bertz CT molecular complexity index is 1580. The number of nitrogens with one attached hydrogen (secondary N) is 1. The summed E-state index contributed by atoms with van der Waals surface area (Å²) < 4.78 is 31.7. The molecule has 10 heteroatoms. The van der Waals surface area contributed by atoms with Crippen LogP contribution in [-0.4, -0.2) is 65.3 Å². The fourth-order valence-electron chi connectivity index (χ4n) is 5.72. The quantitative estimate of drug-likeness (QED) is 0.198. The van der Waals surface area contributed by atoms with Crippen molar-refractivity contribution in [3.63, 3.8) is 0 Å². The number of nitrogens with zero attached hydrogens (tertiary/aromatic N) is 1. The van der Waals surface area contributed by atoms with Crippen molar-refractivity contribution >= 4 is 28.6 Å². The molecule has 0 aliphatic carbocycles. The Balaban J connectivity index is 0.000000591. The zero-order chi connectivity index (χ0) is 32.4. The second-order valence-electron chi connectivity index (χ2n) is 10.9. The number of hydrogen-bond acceptors (Lipinski definition) is 4. The predicted octanol–water partition coefficient (Wildman–Crippen LogP) is 6.38. The minimum atomic E-state index is -5.08. The van der Waals surface area contributed by atoms with E-state index in [1.807, 2.05) is 30.3 Å². The highest BCUT2D eigenvalue weighted by Gasteiger charge is 2.38. The van der Waals surface area contributed by atoms with Crippen LogP contribution in [0.2, 0.25) is 0 Å². The Labute approximate surface area is 259 Å². The average molecular weight is 621 g/mol. The minimum Gasteiger partial charge on any atom is -0.475 e. The maximum atomic E-state index is 12.8. The summed E-state index contributed by atoms with van der Waals surface area (Å²) in [5.41, 5.74) is 4.59. The lowest BCUT2D eigenvalue weighted by atomic mass is 9.79. The summed E-state index contributed by atoms with van der Waals surface area (Å²) in [4.78, 5) is 35.0. The number of aliphatic carboxylic acids is 2. The van der Waals surface area contributed by atoms with Crippen LogP contribution in [-0.2, 0) is 20.8 Å². The fraction of sp³-hybridized carbons (Fsp3) is 0.286. The highest BCUT2D eigenvalue weighted by atomic mass is 19.4. The number of amides is 1. The fourth-order valence-corrected chi connectivity index (χ4v) is 5.72. The predicted molar refractivity (Wildman–Crippen MR) is 166 cm³/mol. The van der Waals surface area contributed by atoms with Gasteiger partial charge in [0.15, 0.2) is 0 Å². The SMILES string of the molecule is O=C(O)C(=O)N(CCc1ccccc1)CC(c1ccc(-c2cccc3ccccc23)cc1)C1CCNCC1.O=C(O)C(F)(F)F. The van der Waals surface area contributed by atoms with Crippen molar-refractivity contribution in [2.45, 2.75) is 31.4 Å². The van der Waals surface area contributed by atoms with Crippen LogP contribution in [0.1, 0.15) is 29.9 Å². The highest BCUT2D eigenvalue weighted by Crippen LogP contribution is 2.35. The maximum absolute atomic E-state index is 12.8.